The van der Waals surface area contributed by atoms with E-state index in [2.05, 4.69) is 131 Å². The first-order valence-corrected chi connectivity index (χ1v) is 12.4. The van der Waals surface area contributed by atoms with E-state index in [0.717, 1.165) is 17.1 Å². The molecule has 0 aliphatic rings. The van der Waals surface area contributed by atoms with Crippen LogP contribution in [0.5, 0.6) is 0 Å². The van der Waals surface area contributed by atoms with Gasteiger partial charge in [-0.25, -0.2) is 0 Å². The zero-order valence-corrected chi connectivity index (χ0v) is 23.1. The second-order valence-corrected chi connectivity index (χ2v) is 12.0. The van der Waals surface area contributed by atoms with Crippen molar-refractivity contribution in [3.05, 3.63) is 70.4 Å². The van der Waals surface area contributed by atoms with E-state index in [1.165, 1.54) is 27.9 Å². The summed E-state index contributed by atoms with van der Waals surface area (Å²) >= 11 is 0. The average Bonchev–Trinajstić information content (AvgIpc) is 2.65. The Bertz CT molecular complexity index is 1020. The summed E-state index contributed by atoms with van der Waals surface area (Å²) in [7, 11) is 0. The predicted octanol–water partition coefficient (Wildman–Crippen LogP) is 9.64. The lowest BCUT2D eigenvalue weighted by atomic mass is 9.83. The minimum Gasteiger partial charge on any atom is -0.359 e. The van der Waals surface area contributed by atoms with Gasteiger partial charge in [0.2, 0.25) is 0 Å². The van der Waals surface area contributed by atoms with Crippen molar-refractivity contribution in [1.82, 2.24) is 0 Å². The first kappa shape index (κ1) is 26.9. The molecule has 0 unspecified atom stereocenters. The lowest BCUT2D eigenvalue weighted by Crippen LogP contribution is -2.16. The largest absolute Gasteiger partial charge is 0.359 e. The third-order valence-corrected chi connectivity index (χ3v) is 6.06. The van der Waals surface area contributed by atoms with Gasteiger partial charge >= 0.3 is 0 Å². The van der Waals surface area contributed by atoms with Crippen molar-refractivity contribution in [1.29, 1.82) is 0 Å². The van der Waals surface area contributed by atoms with Crippen LogP contribution in [0.2, 0.25) is 0 Å². The van der Waals surface area contributed by atoms with Crippen LogP contribution in [0.4, 0.5) is 11.4 Å². The zero-order valence-electron chi connectivity index (χ0n) is 23.1. The standard InChI is InChI=1S/C31H46N2/c1-20(2)24-15-13-17-26(30(7,8)9)28(24)32-22(5)19-23(6)33-29-25(21(3)4)16-14-18-27(29)31(10,11)12/h13-21,32H,1-12H3/b22-19+,33-23?. The van der Waals surface area contributed by atoms with E-state index in [0.29, 0.717) is 11.8 Å². The molecule has 0 saturated heterocycles. The van der Waals surface area contributed by atoms with Crippen LogP contribution in [-0.4, -0.2) is 5.71 Å². The smallest absolute Gasteiger partial charge is 0.0704 e. The summed E-state index contributed by atoms with van der Waals surface area (Å²) in [4.78, 5) is 5.16. The summed E-state index contributed by atoms with van der Waals surface area (Å²) in [6.07, 6.45) is 2.17. The van der Waals surface area contributed by atoms with Gasteiger partial charge in [-0.05, 0) is 64.8 Å². The van der Waals surface area contributed by atoms with Gasteiger partial charge in [-0.3, -0.25) is 4.99 Å². The van der Waals surface area contributed by atoms with Crippen molar-refractivity contribution in [2.45, 2.75) is 106 Å². The highest BCUT2D eigenvalue weighted by Gasteiger charge is 2.22. The summed E-state index contributed by atoms with van der Waals surface area (Å²) in [5.41, 5.74) is 9.88. The number of para-hydroxylation sites is 2. The molecular formula is C31H46N2. The molecule has 0 radical (unpaired) electrons. The molecule has 2 aromatic carbocycles. The minimum absolute atomic E-state index is 0.0405. The highest BCUT2D eigenvalue weighted by Crippen LogP contribution is 2.38. The number of nitrogens with zero attached hydrogens (tertiary/aromatic N) is 1. The lowest BCUT2D eigenvalue weighted by molar-refractivity contribution is 0.590. The summed E-state index contributed by atoms with van der Waals surface area (Å²) in [5, 5.41) is 3.75. The fraction of sp³-hybridized carbons (Fsp3) is 0.516. The van der Waals surface area contributed by atoms with Crippen molar-refractivity contribution >= 4 is 17.1 Å². The predicted molar refractivity (Wildman–Crippen MR) is 149 cm³/mol. The third kappa shape index (κ3) is 6.82. The fourth-order valence-corrected chi connectivity index (χ4v) is 4.33. The normalized spacial score (nSPS) is 13.8. The first-order chi connectivity index (χ1) is 15.1. The molecule has 0 aliphatic carbocycles. The van der Waals surface area contributed by atoms with Gasteiger partial charge in [-0.1, -0.05) is 106 Å². The topological polar surface area (TPSA) is 24.4 Å². The average molecular weight is 447 g/mol. The Morgan fingerprint density at radius 3 is 1.73 bits per heavy atom. The summed E-state index contributed by atoms with van der Waals surface area (Å²) in [6.45, 7) is 26.9. The van der Waals surface area contributed by atoms with Crippen LogP contribution in [0, 0.1) is 0 Å². The molecule has 0 amide bonds. The van der Waals surface area contributed by atoms with Crippen molar-refractivity contribution in [3.8, 4) is 0 Å². The second-order valence-electron chi connectivity index (χ2n) is 12.0. The van der Waals surface area contributed by atoms with Gasteiger partial charge in [-0.15, -0.1) is 0 Å². The molecule has 2 heteroatoms. The Morgan fingerprint density at radius 2 is 1.24 bits per heavy atom. The first-order valence-electron chi connectivity index (χ1n) is 12.4. The molecule has 0 atom stereocenters. The monoisotopic (exact) mass is 446 g/mol. The highest BCUT2D eigenvalue weighted by molar-refractivity contribution is 5.96. The molecular weight excluding hydrogens is 400 g/mol. The Hall–Kier alpha value is -2.35. The number of rotatable bonds is 6. The molecule has 2 rings (SSSR count). The molecule has 180 valence electrons. The molecule has 0 spiro atoms. The van der Waals surface area contributed by atoms with Gasteiger partial charge in [0.05, 0.1) is 5.69 Å². The van der Waals surface area contributed by atoms with Crippen molar-refractivity contribution in [3.63, 3.8) is 0 Å². The van der Waals surface area contributed by atoms with Gasteiger partial charge in [-0.2, -0.15) is 0 Å². The number of allylic oxidation sites excluding steroid dienone is 2. The molecule has 0 saturated carbocycles. The molecule has 0 heterocycles. The van der Waals surface area contributed by atoms with Crippen molar-refractivity contribution in [2.24, 2.45) is 4.99 Å². The maximum absolute atomic E-state index is 5.16. The van der Waals surface area contributed by atoms with Gasteiger partial charge in [0, 0.05) is 17.1 Å². The Labute approximate surface area is 203 Å². The van der Waals surface area contributed by atoms with E-state index in [4.69, 9.17) is 4.99 Å². The molecule has 33 heavy (non-hydrogen) atoms. The molecule has 0 fully saturated rings. The fourth-order valence-electron chi connectivity index (χ4n) is 4.33. The Balaban J connectivity index is 2.54. The van der Waals surface area contributed by atoms with Gasteiger partial charge in [0.15, 0.2) is 0 Å². The third-order valence-electron chi connectivity index (χ3n) is 6.06. The lowest BCUT2D eigenvalue weighted by Gasteiger charge is -2.27. The number of hydrogen-bond donors (Lipinski definition) is 1. The molecule has 2 nitrogen and oxygen atoms in total. The van der Waals surface area contributed by atoms with Gasteiger partial charge in [0.1, 0.15) is 0 Å². The van der Waals surface area contributed by atoms with Gasteiger partial charge < -0.3 is 5.32 Å². The van der Waals surface area contributed by atoms with E-state index in [-0.39, 0.29) is 10.8 Å². The van der Waals surface area contributed by atoms with Crippen molar-refractivity contribution in [2.75, 3.05) is 5.32 Å². The number of hydrogen-bond acceptors (Lipinski definition) is 2. The zero-order chi connectivity index (χ0) is 25.1. The van der Waals surface area contributed by atoms with E-state index >= 15 is 0 Å². The van der Waals surface area contributed by atoms with Crippen LogP contribution in [0.25, 0.3) is 0 Å². The van der Waals surface area contributed by atoms with Gasteiger partial charge in [0.25, 0.3) is 0 Å². The van der Waals surface area contributed by atoms with Crippen LogP contribution in [0.1, 0.15) is 117 Å². The summed E-state index contributed by atoms with van der Waals surface area (Å²) in [5.74, 6) is 0.874. The number of aliphatic imine (C=N–C) groups is 1. The quantitative estimate of drug-likeness (QED) is 0.439. The van der Waals surface area contributed by atoms with E-state index in [9.17, 15) is 0 Å². The van der Waals surface area contributed by atoms with E-state index in [1.807, 2.05) is 0 Å². The number of anilines is 1. The second kappa shape index (κ2) is 10.3. The molecule has 0 aromatic heterocycles. The van der Waals surface area contributed by atoms with Crippen molar-refractivity contribution < 1.29 is 0 Å². The molecule has 2 aromatic rings. The van der Waals surface area contributed by atoms with Crippen LogP contribution < -0.4 is 5.32 Å². The van der Waals surface area contributed by atoms with E-state index < -0.39 is 0 Å². The van der Waals surface area contributed by atoms with Crippen LogP contribution >= 0.6 is 0 Å². The highest BCUT2D eigenvalue weighted by atomic mass is 14.9. The molecule has 0 bridgehead atoms. The Kier molecular flexibility index (Phi) is 8.38. The molecule has 1 N–H and O–H groups in total. The Morgan fingerprint density at radius 1 is 0.758 bits per heavy atom. The number of nitrogens with one attached hydrogen (secondary N) is 1. The summed E-state index contributed by atoms with van der Waals surface area (Å²) < 4.78 is 0. The SMILES string of the molecule is CC(/C=C(\C)Nc1c(C(C)C)cccc1C(C)(C)C)=Nc1c(C(C)C)cccc1C(C)(C)C. The maximum atomic E-state index is 5.16. The van der Waals surface area contributed by atoms with E-state index in [1.54, 1.807) is 0 Å². The number of benzene rings is 2. The minimum atomic E-state index is 0.0405. The van der Waals surface area contributed by atoms with Crippen LogP contribution in [0.15, 0.2) is 53.2 Å². The van der Waals surface area contributed by atoms with Crippen LogP contribution in [-0.2, 0) is 10.8 Å². The van der Waals surface area contributed by atoms with Crippen LogP contribution in [0.3, 0.4) is 0 Å². The maximum Gasteiger partial charge on any atom is 0.0704 e. The molecule has 0 aliphatic heterocycles. The summed E-state index contributed by atoms with van der Waals surface area (Å²) in [6, 6.07) is 13.3.